The summed E-state index contributed by atoms with van der Waals surface area (Å²) in [5.74, 6) is -1.09. The van der Waals surface area contributed by atoms with E-state index < -0.39 is 86.3 Å². The lowest BCUT2D eigenvalue weighted by Gasteiger charge is -2.44. The Hall–Kier alpha value is -1.42. The SMILES string of the molecule is CC(=O)N[C@@H]1[C@H](OC[C@H]2O[C@H](O)[C@@H](NC(C)=O)[C@@H](O)[C@@H]2O)O[C@H](CO)[C@@H](O)[C@@H]1O. The zero-order chi connectivity index (χ0) is 21.9. The predicted octanol–water partition coefficient (Wildman–Crippen LogP) is -5.11. The first-order valence-electron chi connectivity index (χ1n) is 9.04. The summed E-state index contributed by atoms with van der Waals surface area (Å²) in [4.78, 5) is 22.6. The van der Waals surface area contributed by atoms with Crippen molar-refractivity contribution in [3.8, 4) is 0 Å². The topological polar surface area (TPSA) is 207 Å². The van der Waals surface area contributed by atoms with Crippen LogP contribution in [0.15, 0.2) is 0 Å². The molecule has 2 aliphatic rings. The van der Waals surface area contributed by atoms with Crippen LogP contribution in [0.5, 0.6) is 0 Å². The first-order valence-corrected chi connectivity index (χ1v) is 9.04. The molecule has 2 saturated heterocycles. The van der Waals surface area contributed by atoms with Gasteiger partial charge in [-0.2, -0.15) is 0 Å². The molecule has 0 saturated carbocycles. The van der Waals surface area contributed by atoms with E-state index in [1.807, 2.05) is 0 Å². The number of hydrogen-bond acceptors (Lipinski definition) is 11. The molecule has 13 heteroatoms. The summed E-state index contributed by atoms with van der Waals surface area (Å²) in [6.45, 7) is 1.26. The summed E-state index contributed by atoms with van der Waals surface area (Å²) in [7, 11) is 0. The maximum absolute atomic E-state index is 11.4. The molecule has 0 unspecified atom stereocenters. The number of rotatable bonds is 6. The quantitative estimate of drug-likeness (QED) is 0.202. The van der Waals surface area contributed by atoms with E-state index in [0.717, 1.165) is 0 Å². The average molecular weight is 424 g/mol. The third-order valence-corrected chi connectivity index (χ3v) is 4.77. The van der Waals surface area contributed by atoms with Gasteiger partial charge in [-0.15, -0.1) is 0 Å². The zero-order valence-corrected chi connectivity index (χ0v) is 15.9. The second-order valence-corrected chi connectivity index (χ2v) is 7.04. The van der Waals surface area contributed by atoms with Gasteiger partial charge in [0.15, 0.2) is 12.6 Å². The van der Waals surface area contributed by atoms with Gasteiger partial charge in [0.2, 0.25) is 11.8 Å². The van der Waals surface area contributed by atoms with Crippen molar-refractivity contribution in [2.45, 2.75) is 75.1 Å². The van der Waals surface area contributed by atoms with Crippen LogP contribution >= 0.6 is 0 Å². The fourth-order valence-electron chi connectivity index (χ4n) is 3.28. The molecule has 0 radical (unpaired) electrons. The van der Waals surface area contributed by atoms with Crippen molar-refractivity contribution in [1.29, 1.82) is 0 Å². The molecule has 2 amide bonds. The molecule has 0 spiro atoms. The van der Waals surface area contributed by atoms with E-state index in [1.165, 1.54) is 13.8 Å². The van der Waals surface area contributed by atoms with Gasteiger partial charge < -0.3 is 55.5 Å². The van der Waals surface area contributed by atoms with Gasteiger partial charge in [0.05, 0.1) is 13.2 Å². The maximum Gasteiger partial charge on any atom is 0.217 e. The number of hydrogen-bond donors (Lipinski definition) is 8. The van der Waals surface area contributed by atoms with Gasteiger partial charge in [-0.1, -0.05) is 0 Å². The third-order valence-electron chi connectivity index (χ3n) is 4.77. The summed E-state index contributed by atoms with van der Waals surface area (Å²) in [5.41, 5.74) is 0. The first kappa shape index (κ1) is 23.9. The molecule has 0 aliphatic carbocycles. The van der Waals surface area contributed by atoms with Crippen molar-refractivity contribution >= 4 is 11.8 Å². The number of aliphatic hydroxyl groups is 6. The van der Waals surface area contributed by atoms with Crippen molar-refractivity contribution in [2.75, 3.05) is 13.2 Å². The Bertz CT molecular complexity index is 579. The number of aliphatic hydroxyl groups excluding tert-OH is 6. The maximum atomic E-state index is 11.4. The van der Waals surface area contributed by atoms with Crippen LogP contribution in [0, 0.1) is 0 Å². The minimum absolute atomic E-state index is 0.455. The second-order valence-electron chi connectivity index (χ2n) is 7.04. The number of carbonyl (C=O) groups excluding carboxylic acids is 2. The van der Waals surface area contributed by atoms with Gasteiger partial charge in [-0.3, -0.25) is 9.59 Å². The normalized spacial score (nSPS) is 42.9. The van der Waals surface area contributed by atoms with Gasteiger partial charge in [-0.05, 0) is 0 Å². The molecule has 2 rings (SSSR count). The molecule has 0 aromatic heterocycles. The van der Waals surface area contributed by atoms with Gasteiger partial charge in [-0.25, -0.2) is 0 Å². The summed E-state index contributed by atoms with van der Waals surface area (Å²) in [5, 5.41) is 64.4. The molecular weight excluding hydrogens is 396 g/mol. The molecule has 2 fully saturated rings. The van der Waals surface area contributed by atoms with Crippen LogP contribution in [0.4, 0.5) is 0 Å². The molecule has 0 bridgehead atoms. The van der Waals surface area contributed by atoms with E-state index >= 15 is 0 Å². The van der Waals surface area contributed by atoms with Gasteiger partial charge >= 0.3 is 0 Å². The van der Waals surface area contributed by atoms with Crippen LogP contribution in [0.1, 0.15) is 13.8 Å². The lowest BCUT2D eigenvalue weighted by atomic mass is 9.96. The summed E-state index contributed by atoms with van der Waals surface area (Å²) >= 11 is 0. The molecule has 29 heavy (non-hydrogen) atoms. The fraction of sp³-hybridized carbons (Fsp3) is 0.875. The van der Waals surface area contributed by atoms with E-state index in [4.69, 9.17) is 14.2 Å². The Kier molecular flexibility index (Phi) is 8.28. The van der Waals surface area contributed by atoms with Crippen molar-refractivity contribution < 1.29 is 54.4 Å². The minimum Gasteiger partial charge on any atom is -0.394 e. The highest BCUT2D eigenvalue weighted by molar-refractivity contribution is 5.73. The second kappa shape index (κ2) is 10.1. The summed E-state index contributed by atoms with van der Waals surface area (Å²) in [6.07, 6.45) is -11.5. The van der Waals surface area contributed by atoms with Crippen LogP contribution < -0.4 is 10.6 Å². The Morgan fingerprint density at radius 2 is 1.34 bits per heavy atom. The minimum atomic E-state index is -1.64. The summed E-state index contributed by atoms with van der Waals surface area (Å²) < 4.78 is 16.0. The van der Waals surface area contributed by atoms with Gasteiger partial charge in [0, 0.05) is 13.8 Å². The molecule has 8 N–H and O–H groups in total. The average Bonchev–Trinajstić information content (AvgIpc) is 2.65. The Morgan fingerprint density at radius 3 is 1.90 bits per heavy atom. The van der Waals surface area contributed by atoms with Crippen LogP contribution in [0.3, 0.4) is 0 Å². The zero-order valence-electron chi connectivity index (χ0n) is 15.9. The number of ether oxygens (including phenoxy) is 3. The first-order chi connectivity index (χ1) is 13.6. The molecule has 0 aromatic rings. The van der Waals surface area contributed by atoms with Gasteiger partial charge in [0.1, 0.15) is 48.7 Å². The molecule has 2 heterocycles. The van der Waals surface area contributed by atoms with Crippen molar-refractivity contribution in [1.82, 2.24) is 10.6 Å². The van der Waals surface area contributed by atoms with Crippen molar-refractivity contribution in [2.24, 2.45) is 0 Å². The van der Waals surface area contributed by atoms with E-state index in [0.29, 0.717) is 0 Å². The van der Waals surface area contributed by atoms with Crippen LogP contribution in [-0.4, -0.2) is 117 Å². The Labute approximate surface area is 166 Å². The number of carbonyl (C=O) groups is 2. The fourth-order valence-corrected chi connectivity index (χ4v) is 3.28. The van der Waals surface area contributed by atoms with Crippen LogP contribution in [0.25, 0.3) is 0 Å². The number of amides is 2. The lowest BCUT2D eigenvalue weighted by Crippen LogP contribution is -2.66. The highest BCUT2D eigenvalue weighted by atomic mass is 16.7. The molecular formula is C16H28N2O11. The Morgan fingerprint density at radius 1 is 0.828 bits per heavy atom. The van der Waals surface area contributed by atoms with E-state index in [1.54, 1.807) is 0 Å². The highest BCUT2D eigenvalue weighted by Gasteiger charge is 2.48. The monoisotopic (exact) mass is 424 g/mol. The largest absolute Gasteiger partial charge is 0.394 e. The van der Waals surface area contributed by atoms with Crippen molar-refractivity contribution in [3.05, 3.63) is 0 Å². The van der Waals surface area contributed by atoms with Crippen LogP contribution in [0.2, 0.25) is 0 Å². The van der Waals surface area contributed by atoms with E-state index in [2.05, 4.69) is 10.6 Å². The predicted molar refractivity (Wildman–Crippen MR) is 91.8 cm³/mol. The molecule has 0 aromatic carbocycles. The number of nitrogens with one attached hydrogen (secondary N) is 2. The molecule has 2 aliphatic heterocycles. The molecule has 13 nitrogen and oxygen atoms in total. The van der Waals surface area contributed by atoms with Gasteiger partial charge in [0.25, 0.3) is 0 Å². The van der Waals surface area contributed by atoms with E-state index in [9.17, 15) is 40.2 Å². The standard InChI is InChI=1S/C16H28N2O11/c1-5(20)17-9-13(24)12(23)8(28-15(9)26)4-27-16-10(18-6(2)21)14(25)11(22)7(3-19)29-16/h7-16,19,22-26H,3-4H2,1-2H3,(H,17,20)(H,18,21)/t7-,8-,9+,10+,11-,12-,13-,14-,15+,16-/m1/s1. The Balaban J connectivity index is 2.05. The molecule has 10 atom stereocenters. The molecule has 168 valence electrons. The smallest absolute Gasteiger partial charge is 0.217 e. The summed E-state index contributed by atoms with van der Waals surface area (Å²) in [6, 6.07) is -2.46. The lowest BCUT2D eigenvalue weighted by molar-refractivity contribution is -0.297. The van der Waals surface area contributed by atoms with Crippen LogP contribution in [-0.2, 0) is 23.8 Å². The van der Waals surface area contributed by atoms with Crippen molar-refractivity contribution in [3.63, 3.8) is 0 Å². The third kappa shape index (κ3) is 5.59. The highest BCUT2D eigenvalue weighted by Crippen LogP contribution is 2.25. The van der Waals surface area contributed by atoms with E-state index in [-0.39, 0.29) is 0 Å².